The van der Waals surface area contributed by atoms with Crippen molar-refractivity contribution in [3.8, 4) is 5.69 Å². The molecule has 0 fully saturated rings. The number of nitrogens with zero attached hydrogens (tertiary/aromatic N) is 3. The molecule has 0 amide bonds. The molecule has 1 N–H and O–H groups in total. The van der Waals surface area contributed by atoms with Crippen LogP contribution >= 0.6 is 11.6 Å². The number of carboxylic acid groups (broad SMARTS) is 1. The van der Waals surface area contributed by atoms with Crippen molar-refractivity contribution in [2.75, 3.05) is 0 Å². The largest absolute Gasteiger partial charge is 0.476 e. The van der Waals surface area contributed by atoms with Gasteiger partial charge in [0.1, 0.15) is 5.69 Å². The van der Waals surface area contributed by atoms with E-state index in [-0.39, 0.29) is 17.1 Å². The maximum absolute atomic E-state index is 10.9. The van der Waals surface area contributed by atoms with Crippen molar-refractivity contribution >= 4 is 23.3 Å². The van der Waals surface area contributed by atoms with Gasteiger partial charge < -0.3 is 5.11 Å². The molecular formula is C11H8ClN3O4. The van der Waals surface area contributed by atoms with Crippen LogP contribution in [0.5, 0.6) is 0 Å². The summed E-state index contributed by atoms with van der Waals surface area (Å²) in [7, 11) is 0. The molecule has 1 aromatic carbocycles. The van der Waals surface area contributed by atoms with Crippen molar-refractivity contribution in [1.29, 1.82) is 0 Å². The Morgan fingerprint density at radius 2 is 2.21 bits per heavy atom. The van der Waals surface area contributed by atoms with Gasteiger partial charge in [0.25, 0.3) is 5.69 Å². The average molecular weight is 282 g/mol. The van der Waals surface area contributed by atoms with E-state index < -0.39 is 10.9 Å². The molecule has 2 rings (SSSR count). The standard InChI is InChI=1S/C11H8ClN3O4/c1-6-5-14(13-10(6)11(16)17)9-4-7(12)2-3-8(9)15(18)19/h2-5H,1H3,(H,16,17). The van der Waals surface area contributed by atoms with Crippen molar-refractivity contribution in [3.05, 3.63) is 50.8 Å². The Bertz CT molecular complexity index is 681. The van der Waals surface area contributed by atoms with Crippen LogP contribution in [0.1, 0.15) is 16.1 Å². The van der Waals surface area contributed by atoms with E-state index in [2.05, 4.69) is 5.10 Å². The molecule has 0 atom stereocenters. The van der Waals surface area contributed by atoms with Crippen LogP contribution in [0.15, 0.2) is 24.4 Å². The van der Waals surface area contributed by atoms with Crippen LogP contribution in [-0.4, -0.2) is 25.8 Å². The lowest BCUT2D eigenvalue weighted by atomic mass is 10.2. The molecule has 0 unspecified atom stereocenters. The SMILES string of the molecule is Cc1cn(-c2cc(Cl)ccc2[N+](=O)[O-])nc1C(=O)O. The molecule has 0 aliphatic heterocycles. The van der Waals surface area contributed by atoms with Gasteiger partial charge in [-0.2, -0.15) is 5.10 Å². The maximum atomic E-state index is 10.9. The van der Waals surface area contributed by atoms with Crippen molar-refractivity contribution in [1.82, 2.24) is 9.78 Å². The molecule has 2 aromatic rings. The molecule has 0 radical (unpaired) electrons. The number of nitro benzene ring substituents is 1. The second kappa shape index (κ2) is 4.69. The van der Waals surface area contributed by atoms with E-state index in [4.69, 9.17) is 16.7 Å². The third kappa shape index (κ3) is 2.41. The smallest absolute Gasteiger partial charge is 0.356 e. The normalized spacial score (nSPS) is 10.4. The Hall–Kier alpha value is -2.41. The minimum absolute atomic E-state index is 0.119. The number of carbonyl (C=O) groups is 1. The summed E-state index contributed by atoms with van der Waals surface area (Å²) < 4.78 is 1.14. The minimum atomic E-state index is -1.19. The Morgan fingerprint density at radius 1 is 1.53 bits per heavy atom. The number of rotatable bonds is 3. The van der Waals surface area contributed by atoms with Crippen molar-refractivity contribution in [3.63, 3.8) is 0 Å². The Balaban J connectivity index is 2.64. The van der Waals surface area contributed by atoms with Crippen LogP contribution in [0.2, 0.25) is 5.02 Å². The van der Waals surface area contributed by atoms with Gasteiger partial charge in [0.05, 0.1) is 4.92 Å². The number of hydrogen-bond donors (Lipinski definition) is 1. The highest BCUT2D eigenvalue weighted by molar-refractivity contribution is 6.30. The van der Waals surface area contributed by atoms with E-state index in [1.165, 1.54) is 24.4 Å². The average Bonchev–Trinajstić information content (AvgIpc) is 2.70. The second-order valence-corrected chi connectivity index (χ2v) is 4.24. The predicted octanol–water partition coefficient (Wildman–Crippen LogP) is 2.44. The van der Waals surface area contributed by atoms with Gasteiger partial charge in [0.2, 0.25) is 0 Å². The third-order valence-electron chi connectivity index (χ3n) is 2.48. The fourth-order valence-corrected chi connectivity index (χ4v) is 1.80. The van der Waals surface area contributed by atoms with Crippen LogP contribution in [0, 0.1) is 17.0 Å². The summed E-state index contributed by atoms with van der Waals surface area (Å²) in [5, 5.41) is 24.0. The van der Waals surface area contributed by atoms with Crippen LogP contribution in [0.25, 0.3) is 5.69 Å². The summed E-state index contributed by atoms with van der Waals surface area (Å²) in [5.41, 5.74) is 0.160. The molecule has 0 saturated carbocycles. The lowest BCUT2D eigenvalue weighted by Gasteiger charge is -2.03. The fourth-order valence-electron chi connectivity index (χ4n) is 1.63. The summed E-state index contributed by atoms with van der Waals surface area (Å²) >= 11 is 5.80. The number of hydrogen-bond acceptors (Lipinski definition) is 4. The molecule has 0 bridgehead atoms. The number of aromatic nitrogens is 2. The first-order chi connectivity index (χ1) is 8.90. The number of nitro groups is 1. The van der Waals surface area contributed by atoms with Crippen molar-refractivity contribution < 1.29 is 14.8 Å². The van der Waals surface area contributed by atoms with Crippen LogP contribution in [0.4, 0.5) is 5.69 Å². The topological polar surface area (TPSA) is 98.3 Å². The highest BCUT2D eigenvalue weighted by atomic mass is 35.5. The number of benzene rings is 1. The minimum Gasteiger partial charge on any atom is -0.476 e. The lowest BCUT2D eigenvalue weighted by Crippen LogP contribution is -2.04. The Labute approximate surface area is 112 Å². The van der Waals surface area contributed by atoms with E-state index >= 15 is 0 Å². The number of carboxylic acids is 1. The summed E-state index contributed by atoms with van der Waals surface area (Å²) in [6.07, 6.45) is 1.40. The first-order valence-electron chi connectivity index (χ1n) is 5.14. The number of aryl methyl sites for hydroxylation is 1. The van der Waals surface area contributed by atoms with Crippen molar-refractivity contribution in [2.45, 2.75) is 6.92 Å². The fraction of sp³-hybridized carbons (Fsp3) is 0.0909. The molecule has 0 saturated heterocycles. The number of aromatic carboxylic acids is 1. The highest BCUT2D eigenvalue weighted by Crippen LogP contribution is 2.26. The first kappa shape index (κ1) is 13.0. The van der Waals surface area contributed by atoms with Gasteiger partial charge in [-0.05, 0) is 19.1 Å². The zero-order chi connectivity index (χ0) is 14.2. The summed E-state index contributed by atoms with van der Waals surface area (Å²) in [5.74, 6) is -1.19. The molecule has 0 aliphatic carbocycles. The van der Waals surface area contributed by atoms with E-state index in [1.54, 1.807) is 6.92 Å². The van der Waals surface area contributed by atoms with Crippen LogP contribution < -0.4 is 0 Å². The highest BCUT2D eigenvalue weighted by Gasteiger charge is 2.19. The van der Waals surface area contributed by atoms with Gasteiger partial charge in [-0.3, -0.25) is 10.1 Å². The number of halogens is 1. The third-order valence-corrected chi connectivity index (χ3v) is 2.72. The molecule has 0 spiro atoms. The van der Waals surface area contributed by atoms with Gasteiger partial charge >= 0.3 is 5.97 Å². The zero-order valence-corrected chi connectivity index (χ0v) is 10.5. The van der Waals surface area contributed by atoms with Gasteiger partial charge in [0, 0.05) is 22.8 Å². The quantitative estimate of drug-likeness (QED) is 0.688. The van der Waals surface area contributed by atoms with E-state index in [9.17, 15) is 14.9 Å². The molecule has 8 heteroatoms. The molecule has 0 aliphatic rings. The van der Waals surface area contributed by atoms with Gasteiger partial charge in [-0.1, -0.05) is 11.6 Å². The van der Waals surface area contributed by atoms with Crippen LogP contribution in [0.3, 0.4) is 0 Å². The molecule has 1 heterocycles. The van der Waals surface area contributed by atoms with E-state index in [0.717, 1.165) is 4.68 Å². The summed E-state index contributed by atoms with van der Waals surface area (Å²) in [6, 6.07) is 3.99. The lowest BCUT2D eigenvalue weighted by molar-refractivity contribution is -0.384. The van der Waals surface area contributed by atoms with E-state index in [1.807, 2.05) is 0 Å². The van der Waals surface area contributed by atoms with Crippen molar-refractivity contribution in [2.24, 2.45) is 0 Å². The van der Waals surface area contributed by atoms with Gasteiger partial charge in [-0.15, -0.1) is 0 Å². The second-order valence-electron chi connectivity index (χ2n) is 3.80. The predicted molar refractivity (Wildman–Crippen MR) is 66.9 cm³/mol. The molecular weight excluding hydrogens is 274 g/mol. The molecule has 7 nitrogen and oxygen atoms in total. The van der Waals surface area contributed by atoms with E-state index in [0.29, 0.717) is 10.6 Å². The monoisotopic (exact) mass is 281 g/mol. The Morgan fingerprint density at radius 3 is 2.74 bits per heavy atom. The van der Waals surface area contributed by atoms with Gasteiger partial charge in [0.15, 0.2) is 5.69 Å². The Kier molecular flexibility index (Phi) is 3.22. The molecule has 98 valence electrons. The zero-order valence-electron chi connectivity index (χ0n) is 9.70. The summed E-state index contributed by atoms with van der Waals surface area (Å²) in [6.45, 7) is 1.56. The molecule has 19 heavy (non-hydrogen) atoms. The maximum Gasteiger partial charge on any atom is 0.356 e. The van der Waals surface area contributed by atoms with Crippen LogP contribution in [-0.2, 0) is 0 Å². The summed E-state index contributed by atoms with van der Waals surface area (Å²) in [4.78, 5) is 21.3. The first-order valence-corrected chi connectivity index (χ1v) is 5.52. The van der Waals surface area contributed by atoms with Gasteiger partial charge in [-0.25, -0.2) is 9.48 Å². The molecule has 1 aromatic heterocycles.